The summed E-state index contributed by atoms with van der Waals surface area (Å²) in [5.74, 6) is 2.58. The van der Waals surface area contributed by atoms with Crippen LogP contribution in [0.5, 0.6) is 5.75 Å². The van der Waals surface area contributed by atoms with Crippen LogP contribution in [0.25, 0.3) is 10.8 Å². The third-order valence-electron chi connectivity index (χ3n) is 7.26. The predicted octanol–water partition coefficient (Wildman–Crippen LogP) is 4.32. The zero-order valence-corrected chi connectivity index (χ0v) is 22.8. The fraction of sp³-hybridized carbons (Fsp3) is 0.500. The minimum atomic E-state index is -0.697. The Kier molecular flexibility index (Phi) is 6.76. The molecule has 35 heavy (non-hydrogen) atoms. The van der Waals surface area contributed by atoms with Gasteiger partial charge in [-0.05, 0) is 25.3 Å². The Bertz CT molecular complexity index is 1230. The van der Waals surface area contributed by atoms with Crippen LogP contribution in [0.4, 0.5) is 0 Å². The number of carbonyl (C=O) groups is 1. The lowest BCUT2D eigenvalue weighted by Gasteiger charge is -2.34. The molecule has 0 spiro atoms. The SMILES string of the molecule is CC(=O)[C@@]1(C)CSC(C(C)(C)[C@H](O)C2CSC([C@H]3CSC(c4ccc5ccccc5c4O)=N3)N2)=N1. The van der Waals surface area contributed by atoms with E-state index in [1.165, 1.54) is 0 Å². The third kappa shape index (κ3) is 4.55. The molecule has 1 saturated heterocycles. The summed E-state index contributed by atoms with van der Waals surface area (Å²) in [6, 6.07) is 11.8. The van der Waals surface area contributed by atoms with Crippen molar-refractivity contribution in [2.24, 2.45) is 15.4 Å². The highest BCUT2D eigenvalue weighted by atomic mass is 32.2. The maximum absolute atomic E-state index is 12.0. The number of carbonyl (C=O) groups excluding carboxylic acids is 1. The first kappa shape index (κ1) is 25.1. The fourth-order valence-electron chi connectivity index (χ4n) is 4.68. The van der Waals surface area contributed by atoms with Gasteiger partial charge in [-0.25, -0.2) is 0 Å². The Labute approximate surface area is 218 Å². The molecule has 0 saturated carbocycles. The maximum Gasteiger partial charge on any atom is 0.157 e. The number of Topliss-reactive ketones (excluding diaryl/α,β-unsaturated/α-hetero) is 1. The van der Waals surface area contributed by atoms with Crippen LogP contribution in [-0.2, 0) is 4.79 Å². The number of phenols is 1. The van der Waals surface area contributed by atoms with Crippen LogP contribution in [0.1, 0.15) is 33.3 Å². The normalized spacial score (nSPS) is 29.9. The summed E-state index contributed by atoms with van der Waals surface area (Å²) in [5, 5.41) is 29.5. The largest absolute Gasteiger partial charge is 0.507 e. The molecule has 0 bridgehead atoms. The van der Waals surface area contributed by atoms with Crippen molar-refractivity contribution in [1.29, 1.82) is 0 Å². The summed E-state index contributed by atoms with van der Waals surface area (Å²) in [4.78, 5) is 21.8. The van der Waals surface area contributed by atoms with Crippen molar-refractivity contribution in [3.63, 3.8) is 0 Å². The van der Waals surface area contributed by atoms with E-state index in [-0.39, 0.29) is 29.0 Å². The number of aliphatic imine (C=N–C) groups is 2. The molecular formula is C26H31N3O3S3. The van der Waals surface area contributed by atoms with E-state index in [0.717, 1.165) is 37.9 Å². The van der Waals surface area contributed by atoms with Crippen LogP contribution in [-0.4, -0.2) is 72.4 Å². The van der Waals surface area contributed by atoms with E-state index in [2.05, 4.69) is 5.32 Å². The molecule has 9 heteroatoms. The van der Waals surface area contributed by atoms with Crippen molar-refractivity contribution in [1.82, 2.24) is 5.32 Å². The number of phenolic OH excluding ortho intramolecular Hbond substituents is 1. The molecule has 1 fully saturated rings. The van der Waals surface area contributed by atoms with Crippen LogP contribution in [0, 0.1) is 5.41 Å². The molecular weight excluding hydrogens is 499 g/mol. The molecule has 0 amide bonds. The molecule has 2 unspecified atom stereocenters. The van der Waals surface area contributed by atoms with Gasteiger partial charge in [-0.15, -0.1) is 35.3 Å². The number of thioether (sulfide) groups is 3. The minimum Gasteiger partial charge on any atom is -0.507 e. The smallest absolute Gasteiger partial charge is 0.157 e. The molecule has 186 valence electrons. The van der Waals surface area contributed by atoms with E-state index in [1.54, 1.807) is 42.2 Å². The number of hydrogen-bond acceptors (Lipinski definition) is 9. The van der Waals surface area contributed by atoms with E-state index < -0.39 is 17.1 Å². The minimum absolute atomic E-state index is 0.0600. The average molecular weight is 530 g/mol. The lowest BCUT2D eigenvalue weighted by molar-refractivity contribution is -0.120. The molecule has 6 nitrogen and oxygen atoms in total. The van der Waals surface area contributed by atoms with Crippen LogP contribution in [0.15, 0.2) is 46.4 Å². The van der Waals surface area contributed by atoms with Gasteiger partial charge in [0.2, 0.25) is 0 Å². The number of nitrogens with zero attached hydrogens (tertiary/aromatic N) is 2. The number of aliphatic hydroxyl groups is 1. The monoisotopic (exact) mass is 529 g/mol. The van der Waals surface area contributed by atoms with Crippen molar-refractivity contribution >= 4 is 61.9 Å². The lowest BCUT2D eigenvalue weighted by atomic mass is 9.83. The zero-order chi connectivity index (χ0) is 25.0. The summed E-state index contributed by atoms with van der Waals surface area (Å²) in [6.45, 7) is 7.49. The summed E-state index contributed by atoms with van der Waals surface area (Å²) < 4.78 is 0. The second-order valence-corrected chi connectivity index (χ2v) is 13.4. The second-order valence-electron chi connectivity index (χ2n) is 10.2. The Balaban J connectivity index is 1.29. The second kappa shape index (κ2) is 9.41. The molecule has 0 radical (unpaired) electrons. The third-order valence-corrected chi connectivity index (χ3v) is 11.3. The van der Waals surface area contributed by atoms with Gasteiger partial charge in [0, 0.05) is 39.7 Å². The average Bonchev–Trinajstić information content (AvgIpc) is 3.59. The summed E-state index contributed by atoms with van der Waals surface area (Å²) >= 11 is 5.04. The molecule has 3 heterocycles. The molecule has 3 aliphatic heterocycles. The number of aliphatic hydroxyl groups excluding tert-OH is 1. The first-order valence-corrected chi connectivity index (χ1v) is 14.8. The van der Waals surface area contributed by atoms with Gasteiger partial charge in [-0.3, -0.25) is 20.1 Å². The van der Waals surface area contributed by atoms with E-state index in [4.69, 9.17) is 9.98 Å². The highest BCUT2D eigenvalue weighted by Gasteiger charge is 2.47. The molecule has 2 aromatic carbocycles. The topological polar surface area (TPSA) is 94.3 Å². The van der Waals surface area contributed by atoms with E-state index in [1.807, 2.05) is 57.2 Å². The quantitative estimate of drug-likeness (QED) is 0.513. The first-order valence-electron chi connectivity index (χ1n) is 11.8. The van der Waals surface area contributed by atoms with Gasteiger partial charge in [0.25, 0.3) is 0 Å². The van der Waals surface area contributed by atoms with E-state index in [9.17, 15) is 15.0 Å². The van der Waals surface area contributed by atoms with Crippen LogP contribution >= 0.6 is 35.3 Å². The molecule has 3 N–H and O–H groups in total. The van der Waals surface area contributed by atoms with Crippen molar-refractivity contribution in [2.45, 2.75) is 56.8 Å². The zero-order valence-electron chi connectivity index (χ0n) is 20.3. The fourth-order valence-corrected chi connectivity index (χ4v) is 8.71. The number of benzene rings is 2. The summed E-state index contributed by atoms with van der Waals surface area (Å²) in [5.41, 5.74) is -0.472. The molecule has 5 rings (SSSR count). The van der Waals surface area contributed by atoms with Crippen LogP contribution in [0.3, 0.4) is 0 Å². The van der Waals surface area contributed by atoms with Crippen molar-refractivity contribution in [3.8, 4) is 5.75 Å². The lowest BCUT2D eigenvalue weighted by Crippen LogP contribution is -2.51. The Hall–Kier alpha value is -1.52. The van der Waals surface area contributed by atoms with Gasteiger partial charge in [0.05, 0.1) is 22.6 Å². The Morgan fingerprint density at radius 3 is 2.71 bits per heavy atom. The molecule has 0 aromatic heterocycles. The highest BCUT2D eigenvalue weighted by Crippen LogP contribution is 2.42. The van der Waals surface area contributed by atoms with Gasteiger partial charge in [0.1, 0.15) is 16.3 Å². The summed E-state index contributed by atoms with van der Waals surface area (Å²) in [7, 11) is 0. The number of rotatable bonds is 6. The van der Waals surface area contributed by atoms with Crippen molar-refractivity contribution in [2.75, 3.05) is 17.3 Å². The standard InChI is InChI=1S/C26H31N3O3S3/c1-14(30)26(4)13-35-24(29-26)25(2,3)21(32)18-11-34-23(27-18)19-12-33-22(28-19)17-10-9-15-7-5-6-8-16(15)20(17)31/h5-10,18-19,21,23,27,31-32H,11-13H2,1-4H3/t18?,19-,21-,23?,26-/m1/s1. The molecule has 3 aliphatic rings. The van der Waals surface area contributed by atoms with Gasteiger partial charge in [-0.1, -0.05) is 44.2 Å². The van der Waals surface area contributed by atoms with Gasteiger partial charge in [-0.2, -0.15) is 0 Å². The van der Waals surface area contributed by atoms with E-state index >= 15 is 0 Å². The van der Waals surface area contributed by atoms with Gasteiger partial charge in [0.15, 0.2) is 5.78 Å². The van der Waals surface area contributed by atoms with Crippen molar-refractivity contribution < 1.29 is 15.0 Å². The van der Waals surface area contributed by atoms with E-state index in [0.29, 0.717) is 5.75 Å². The van der Waals surface area contributed by atoms with Crippen LogP contribution in [0.2, 0.25) is 0 Å². The predicted molar refractivity (Wildman–Crippen MR) is 150 cm³/mol. The van der Waals surface area contributed by atoms with Crippen molar-refractivity contribution in [3.05, 3.63) is 42.0 Å². The number of aromatic hydroxyl groups is 1. The number of fused-ring (bicyclic) bond motifs is 1. The molecule has 2 aromatic rings. The summed E-state index contributed by atoms with van der Waals surface area (Å²) in [6.07, 6.45) is -0.636. The van der Waals surface area contributed by atoms with Crippen LogP contribution < -0.4 is 5.32 Å². The number of ketones is 1. The van der Waals surface area contributed by atoms with Gasteiger partial charge >= 0.3 is 0 Å². The number of nitrogens with one attached hydrogen (secondary N) is 1. The Morgan fingerprint density at radius 1 is 1.20 bits per heavy atom. The number of hydrogen-bond donors (Lipinski definition) is 3. The first-order chi connectivity index (χ1) is 16.6. The highest BCUT2D eigenvalue weighted by molar-refractivity contribution is 8.15. The molecule has 0 aliphatic carbocycles. The Morgan fingerprint density at radius 2 is 1.97 bits per heavy atom. The van der Waals surface area contributed by atoms with Gasteiger partial charge < -0.3 is 10.2 Å². The molecule has 5 atom stereocenters. The maximum atomic E-state index is 12.0.